The lowest BCUT2D eigenvalue weighted by Gasteiger charge is -2.06. The van der Waals surface area contributed by atoms with Crippen LogP contribution in [0, 0.1) is 0 Å². The van der Waals surface area contributed by atoms with E-state index in [9.17, 15) is 4.79 Å². The van der Waals surface area contributed by atoms with Crippen molar-refractivity contribution in [2.45, 2.75) is 0 Å². The number of carboxylic acid groups (broad SMARTS) is 1. The number of carboxylic acids is 1. The SMILES string of the molecule is O=C(O)c1ccn(-c2cccc3ncccc23)c1. The highest BCUT2D eigenvalue weighted by Gasteiger charge is 2.07. The molecule has 0 saturated heterocycles. The third-order valence-electron chi connectivity index (χ3n) is 2.84. The normalized spacial score (nSPS) is 10.7. The first-order valence-corrected chi connectivity index (χ1v) is 5.51. The van der Waals surface area contributed by atoms with E-state index in [1.54, 1.807) is 29.2 Å². The molecule has 2 aromatic heterocycles. The van der Waals surface area contributed by atoms with Gasteiger partial charge in [0.2, 0.25) is 0 Å². The Morgan fingerprint density at radius 1 is 1.17 bits per heavy atom. The summed E-state index contributed by atoms with van der Waals surface area (Å²) in [5.41, 5.74) is 2.09. The maximum absolute atomic E-state index is 10.9. The molecule has 0 spiro atoms. The van der Waals surface area contributed by atoms with Gasteiger partial charge in [0.15, 0.2) is 0 Å². The van der Waals surface area contributed by atoms with Crippen LogP contribution in [0.15, 0.2) is 55.0 Å². The third kappa shape index (κ3) is 1.64. The molecule has 0 saturated carbocycles. The predicted octanol–water partition coefficient (Wildman–Crippen LogP) is 2.72. The molecule has 0 aliphatic carbocycles. The van der Waals surface area contributed by atoms with Crippen LogP contribution >= 0.6 is 0 Å². The van der Waals surface area contributed by atoms with Gasteiger partial charge < -0.3 is 9.67 Å². The van der Waals surface area contributed by atoms with Crippen LogP contribution in [0.1, 0.15) is 10.4 Å². The Hall–Kier alpha value is -2.62. The van der Waals surface area contributed by atoms with Crippen molar-refractivity contribution in [3.8, 4) is 5.69 Å². The van der Waals surface area contributed by atoms with Gasteiger partial charge in [-0.3, -0.25) is 4.98 Å². The molecule has 0 bridgehead atoms. The molecule has 0 unspecified atom stereocenters. The number of aromatic carboxylic acids is 1. The highest BCUT2D eigenvalue weighted by Crippen LogP contribution is 2.21. The largest absolute Gasteiger partial charge is 0.478 e. The van der Waals surface area contributed by atoms with Gasteiger partial charge in [-0.25, -0.2) is 4.79 Å². The number of nitrogens with zero attached hydrogens (tertiary/aromatic N) is 2. The fourth-order valence-corrected chi connectivity index (χ4v) is 1.99. The average molecular weight is 238 g/mol. The summed E-state index contributed by atoms with van der Waals surface area (Å²) in [6, 6.07) is 11.2. The molecule has 0 radical (unpaired) electrons. The predicted molar refractivity (Wildman–Crippen MR) is 68.0 cm³/mol. The highest BCUT2D eigenvalue weighted by atomic mass is 16.4. The molecule has 3 rings (SSSR count). The lowest BCUT2D eigenvalue weighted by molar-refractivity contribution is 0.0697. The van der Waals surface area contributed by atoms with Crippen LogP contribution in [0.5, 0.6) is 0 Å². The van der Waals surface area contributed by atoms with Crippen molar-refractivity contribution in [3.05, 3.63) is 60.6 Å². The molecule has 0 aliphatic rings. The van der Waals surface area contributed by atoms with Crippen molar-refractivity contribution >= 4 is 16.9 Å². The Morgan fingerprint density at radius 3 is 2.83 bits per heavy atom. The monoisotopic (exact) mass is 238 g/mol. The first kappa shape index (κ1) is 10.5. The Balaban J connectivity index is 2.21. The molecule has 1 aromatic carbocycles. The molecule has 3 aromatic rings. The molecule has 4 heteroatoms. The average Bonchev–Trinajstić information content (AvgIpc) is 2.87. The van der Waals surface area contributed by atoms with E-state index in [2.05, 4.69) is 4.98 Å². The van der Waals surface area contributed by atoms with E-state index in [4.69, 9.17) is 5.11 Å². The van der Waals surface area contributed by atoms with Crippen LogP contribution in [-0.2, 0) is 0 Å². The number of rotatable bonds is 2. The summed E-state index contributed by atoms with van der Waals surface area (Å²) < 4.78 is 1.80. The molecular formula is C14H10N2O2. The number of fused-ring (bicyclic) bond motifs is 1. The van der Waals surface area contributed by atoms with Crippen molar-refractivity contribution in [2.75, 3.05) is 0 Å². The van der Waals surface area contributed by atoms with Gasteiger partial charge in [0.05, 0.1) is 16.8 Å². The number of benzene rings is 1. The van der Waals surface area contributed by atoms with E-state index < -0.39 is 5.97 Å². The number of hydrogen-bond acceptors (Lipinski definition) is 2. The molecular weight excluding hydrogens is 228 g/mol. The van der Waals surface area contributed by atoms with E-state index in [1.807, 2.05) is 30.3 Å². The second-order valence-electron chi connectivity index (χ2n) is 3.96. The van der Waals surface area contributed by atoms with Gasteiger partial charge >= 0.3 is 5.97 Å². The first-order valence-electron chi connectivity index (χ1n) is 5.51. The van der Waals surface area contributed by atoms with Crippen LogP contribution in [0.25, 0.3) is 16.6 Å². The fraction of sp³-hybridized carbons (Fsp3) is 0. The molecule has 2 heterocycles. The number of pyridine rings is 1. The molecule has 4 nitrogen and oxygen atoms in total. The topological polar surface area (TPSA) is 55.1 Å². The van der Waals surface area contributed by atoms with Crippen LogP contribution < -0.4 is 0 Å². The summed E-state index contributed by atoms with van der Waals surface area (Å²) in [5.74, 6) is -0.924. The minimum atomic E-state index is -0.924. The van der Waals surface area contributed by atoms with Gasteiger partial charge in [0.25, 0.3) is 0 Å². The van der Waals surface area contributed by atoms with Crippen molar-refractivity contribution in [1.29, 1.82) is 0 Å². The maximum atomic E-state index is 10.9. The lowest BCUT2D eigenvalue weighted by Crippen LogP contribution is -1.95. The summed E-state index contributed by atoms with van der Waals surface area (Å²) in [6.07, 6.45) is 5.08. The molecule has 0 fully saturated rings. The van der Waals surface area contributed by atoms with Gasteiger partial charge in [-0.1, -0.05) is 6.07 Å². The van der Waals surface area contributed by atoms with Crippen molar-refractivity contribution < 1.29 is 9.90 Å². The maximum Gasteiger partial charge on any atom is 0.337 e. The molecule has 0 aliphatic heterocycles. The van der Waals surface area contributed by atoms with E-state index in [1.165, 1.54) is 0 Å². The minimum absolute atomic E-state index is 0.274. The standard InChI is InChI=1S/C14H10N2O2/c17-14(18)10-6-8-16(9-10)13-5-1-4-12-11(13)3-2-7-15-12/h1-9H,(H,17,18). The fourth-order valence-electron chi connectivity index (χ4n) is 1.99. The first-order chi connectivity index (χ1) is 8.75. The highest BCUT2D eigenvalue weighted by molar-refractivity contribution is 5.89. The Labute approximate surface area is 103 Å². The zero-order chi connectivity index (χ0) is 12.5. The summed E-state index contributed by atoms with van der Waals surface area (Å²) in [4.78, 5) is 15.2. The second-order valence-corrected chi connectivity index (χ2v) is 3.96. The van der Waals surface area contributed by atoms with Crippen LogP contribution in [0.4, 0.5) is 0 Å². The van der Waals surface area contributed by atoms with Gasteiger partial charge in [0, 0.05) is 24.0 Å². The summed E-state index contributed by atoms with van der Waals surface area (Å²) in [5, 5.41) is 9.93. The Morgan fingerprint density at radius 2 is 2.06 bits per heavy atom. The lowest BCUT2D eigenvalue weighted by atomic mass is 10.2. The van der Waals surface area contributed by atoms with Crippen molar-refractivity contribution in [3.63, 3.8) is 0 Å². The number of hydrogen-bond donors (Lipinski definition) is 1. The molecule has 0 amide bonds. The van der Waals surface area contributed by atoms with E-state index in [0.717, 1.165) is 16.6 Å². The third-order valence-corrected chi connectivity index (χ3v) is 2.84. The molecule has 0 atom stereocenters. The van der Waals surface area contributed by atoms with Gasteiger partial charge in [0.1, 0.15) is 0 Å². The van der Waals surface area contributed by atoms with Crippen LogP contribution in [-0.4, -0.2) is 20.6 Å². The molecule has 1 N–H and O–H groups in total. The molecule has 18 heavy (non-hydrogen) atoms. The quantitative estimate of drug-likeness (QED) is 0.746. The van der Waals surface area contributed by atoms with Gasteiger partial charge in [-0.15, -0.1) is 0 Å². The van der Waals surface area contributed by atoms with Gasteiger partial charge in [-0.05, 0) is 30.3 Å². The summed E-state index contributed by atoms with van der Waals surface area (Å²) >= 11 is 0. The van der Waals surface area contributed by atoms with E-state index in [0.29, 0.717) is 0 Å². The van der Waals surface area contributed by atoms with Crippen LogP contribution in [0.3, 0.4) is 0 Å². The minimum Gasteiger partial charge on any atom is -0.478 e. The summed E-state index contributed by atoms with van der Waals surface area (Å²) in [6.45, 7) is 0. The number of aromatic nitrogens is 2. The van der Waals surface area contributed by atoms with Crippen LogP contribution in [0.2, 0.25) is 0 Å². The zero-order valence-electron chi connectivity index (χ0n) is 9.45. The second kappa shape index (κ2) is 4.00. The van der Waals surface area contributed by atoms with Crippen molar-refractivity contribution in [2.24, 2.45) is 0 Å². The number of carbonyl (C=O) groups is 1. The summed E-state index contributed by atoms with van der Waals surface area (Å²) in [7, 11) is 0. The van der Waals surface area contributed by atoms with Crippen molar-refractivity contribution in [1.82, 2.24) is 9.55 Å². The molecule has 88 valence electrons. The Bertz CT molecular complexity index is 726. The van der Waals surface area contributed by atoms with Gasteiger partial charge in [-0.2, -0.15) is 0 Å². The Kier molecular flexibility index (Phi) is 2.34. The van der Waals surface area contributed by atoms with E-state index >= 15 is 0 Å². The van der Waals surface area contributed by atoms with E-state index in [-0.39, 0.29) is 5.56 Å². The smallest absolute Gasteiger partial charge is 0.337 e. The zero-order valence-corrected chi connectivity index (χ0v) is 9.45.